The molecule has 4 nitrogen and oxygen atoms in total. The third kappa shape index (κ3) is 1.27. The fourth-order valence-corrected chi connectivity index (χ4v) is 2.15. The number of likely N-dealkylation sites (tertiary alicyclic amines) is 1. The van der Waals surface area contributed by atoms with E-state index in [1.54, 1.807) is 0 Å². The summed E-state index contributed by atoms with van der Waals surface area (Å²) in [5.74, 6) is 0. The second kappa shape index (κ2) is 2.94. The van der Waals surface area contributed by atoms with E-state index in [0.717, 1.165) is 13.1 Å². The Morgan fingerprint density at radius 1 is 1.58 bits per heavy atom. The van der Waals surface area contributed by atoms with E-state index in [2.05, 4.69) is 22.6 Å². The molecule has 0 unspecified atom stereocenters. The number of urea groups is 1. The van der Waals surface area contributed by atoms with Crippen LogP contribution >= 0.6 is 0 Å². The van der Waals surface area contributed by atoms with E-state index in [0.29, 0.717) is 12.1 Å². The smallest absolute Gasteiger partial charge is 0.315 e. The maximum absolute atomic E-state index is 10.9. The van der Waals surface area contributed by atoms with E-state index in [4.69, 9.17) is 0 Å². The first-order valence-electron chi connectivity index (χ1n) is 4.52. The summed E-state index contributed by atoms with van der Waals surface area (Å²) in [5, 5.41) is 5.72. The lowest BCUT2D eigenvalue weighted by Gasteiger charge is -2.24. The van der Waals surface area contributed by atoms with Crippen LogP contribution in [0.3, 0.4) is 0 Å². The highest BCUT2D eigenvalue weighted by atomic mass is 16.2. The van der Waals surface area contributed by atoms with Crippen LogP contribution in [0.25, 0.3) is 0 Å². The van der Waals surface area contributed by atoms with Crippen molar-refractivity contribution in [1.29, 1.82) is 0 Å². The molecule has 12 heavy (non-hydrogen) atoms. The molecule has 0 saturated carbocycles. The summed E-state index contributed by atoms with van der Waals surface area (Å²) < 4.78 is 0. The van der Waals surface area contributed by atoms with E-state index in [1.807, 2.05) is 0 Å². The number of likely N-dealkylation sites (N-methyl/N-ethyl adjacent to an activating group) is 1. The van der Waals surface area contributed by atoms with Crippen LogP contribution in [-0.2, 0) is 0 Å². The maximum atomic E-state index is 10.9. The fraction of sp³-hybridized carbons (Fsp3) is 0.875. The van der Waals surface area contributed by atoms with Crippen LogP contribution in [0.5, 0.6) is 0 Å². The third-order valence-electron chi connectivity index (χ3n) is 2.84. The van der Waals surface area contributed by atoms with Gasteiger partial charge in [0.25, 0.3) is 0 Å². The van der Waals surface area contributed by atoms with Crippen molar-refractivity contribution in [2.24, 2.45) is 0 Å². The molecule has 2 atom stereocenters. The van der Waals surface area contributed by atoms with Crippen LogP contribution in [0, 0.1) is 0 Å². The second-order valence-electron chi connectivity index (χ2n) is 3.65. The predicted octanol–water partition coefficient (Wildman–Crippen LogP) is -0.238. The molecule has 2 saturated heterocycles. The molecule has 0 aromatic heterocycles. The minimum absolute atomic E-state index is 0.0136. The molecule has 4 heteroatoms. The molecule has 68 valence electrons. The van der Waals surface area contributed by atoms with Gasteiger partial charge in [-0.3, -0.25) is 0 Å². The quantitative estimate of drug-likeness (QED) is 0.569. The highest BCUT2D eigenvalue weighted by Gasteiger charge is 2.33. The van der Waals surface area contributed by atoms with Gasteiger partial charge in [-0.05, 0) is 26.4 Å². The number of carbonyl (C=O) groups is 1. The number of carbonyl (C=O) groups excluding carboxylic acids is 1. The Morgan fingerprint density at radius 2 is 2.42 bits per heavy atom. The molecule has 2 N–H and O–H groups in total. The largest absolute Gasteiger partial charge is 0.336 e. The van der Waals surface area contributed by atoms with Crippen molar-refractivity contribution >= 4 is 6.03 Å². The molecule has 2 aliphatic heterocycles. The Balaban J connectivity index is 1.95. The summed E-state index contributed by atoms with van der Waals surface area (Å²) in [7, 11) is 2.13. The molecule has 2 aliphatic rings. The second-order valence-corrected chi connectivity index (χ2v) is 3.65. The van der Waals surface area contributed by atoms with Gasteiger partial charge in [-0.25, -0.2) is 4.79 Å². The molecule has 2 fully saturated rings. The molecular weight excluding hydrogens is 154 g/mol. The number of nitrogens with zero attached hydrogens (tertiary/aromatic N) is 1. The molecule has 2 heterocycles. The van der Waals surface area contributed by atoms with Crippen LogP contribution in [0.15, 0.2) is 0 Å². The van der Waals surface area contributed by atoms with Crippen LogP contribution in [0.2, 0.25) is 0 Å². The molecule has 0 radical (unpaired) electrons. The summed E-state index contributed by atoms with van der Waals surface area (Å²) in [4.78, 5) is 13.2. The van der Waals surface area contributed by atoms with E-state index in [9.17, 15) is 4.79 Å². The zero-order valence-electron chi connectivity index (χ0n) is 7.34. The lowest BCUT2D eigenvalue weighted by Crippen LogP contribution is -2.44. The zero-order chi connectivity index (χ0) is 8.55. The summed E-state index contributed by atoms with van der Waals surface area (Å²) >= 11 is 0. The van der Waals surface area contributed by atoms with E-state index >= 15 is 0 Å². The van der Waals surface area contributed by atoms with Gasteiger partial charge in [-0.2, -0.15) is 0 Å². The Morgan fingerprint density at radius 3 is 2.92 bits per heavy atom. The minimum atomic E-state index is -0.0136. The summed E-state index contributed by atoms with van der Waals surface area (Å²) in [6, 6.07) is 0.856. The van der Waals surface area contributed by atoms with Crippen LogP contribution in [-0.4, -0.2) is 43.2 Å². The Labute approximate surface area is 72.3 Å². The van der Waals surface area contributed by atoms with Crippen LogP contribution < -0.4 is 10.6 Å². The number of rotatable bonds is 1. The van der Waals surface area contributed by atoms with Gasteiger partial charge in [0.05, 0.1) is 6.04 Å². The predicted molar refractivity (Wildman–Crippen MR) is 46.0 cm³/mol. The highest BCUT2D eigenvalue weighted by molar-refractivity contribution is 5.76. The molecular formula is C8H15N3O. The Kier molecular flexibility index (Phi) is 1.92. The maximum Gasteiger partial charge on any atom is 0.315 e. The first-order valence-corrected chi connectivity index (χ1v) is 4.52. The van der Waals surface area contributed by atoms with Gasteiger partial charge in [0.15, 0.2) is 0 Å². The molecule has 0 aromatic carbocycles. The van der Waals surface area contributed by atoms with Gasteiger partial charge in [-0.15, -0.1) is 0 Å². The number of hydrogen-bond donors (Lipinski definition) is 2. The summed E-state index contributed by atoms with van der Waals surface area (Å²) in [5.41, 5.74) is 0. The standard InChI is InChI=1S/C8H15N3O/c1-11-4-2-3-7(11)6-5-9-8(12)10-6/h6-7H,2-5H2,1H3,(H2,9,10,12)/t6-,7+/m1/s1. The minimum Gasteiger partial charge on any atom is -0.336 e. The van der Waals surface area contributed by atoms with Crippen molar-refractivity contribution in [1.82, 2.24) is 15.5 Å². The number of amides is 2. The van der Waals surface area contributed by atoms with E-state index < -0.39 is 0 Å². The Bertz CT molecular complexity index is 195. The zero-order valence-corrected chi connectivity index (χ0v) is 7.34. The van der Waals surface area contributed by atoms with Crippen molar-refractivity contribution in [3.63, 3.8) is 0 Å². The van der Waals surface area contributed by atoms with Crippen LogP contribution in [0.4, 0.5) is 4.79 Å². The summed E-state index contributed by atoms with van der Waals surface area (Å²) in [6.07, 6.45) is 2.47. The van der Waals surface area contributed by atoms with Crippen molar-refractivity contribution in [3.8, 4) is 0 Å². The Hall–Kier alpha value is -0.770. The molecule has 0 spiro atoms. The van der Waals surface area contributed by atoms with Crippen LogP contribution in [0.1, 0.15) is 12.8 Å². The van der Waals surface area contributed by atoms with Gasteiger partial charge in [0, 0.05) is 12.6 Å². The summed E-state index contributed by atoms with van der Waals surface area (Å²) in [6.45, 7) is 1.95. The van der Waals surface area contributed by atoms with Gasteiger partial charge in [0.1, 0.15) is 0 Å². The lowest BCUT2D eigenvalue weighted by atomic mass is 10.1. The molecule has 2 rings (SSSR count). The first-order chi connectivity index (χ1) is 5.77. The average molecular weight is 169 g/mol. The van der Waals surface area contributed by atoms with Crippen molar-refractivity contribution in [2.75, 3.05) is 20.1 Å². The molecule has 0 bridgehead atoms. The first kappa shape index (κ1) is 7.86. The monoisotopic (exact) mass is 169 g/mol. The van der Waals surface area contributed by atoms with Gasteiger partial charge < -0.3 is 15.5 Å². The molecule has 0 aromatic rings. The van der Waals surface area contributed by atoms with Gasteiger partial charge >= 0.3 is 6.03 Å². The van der Waals surface area contributed by atoms with E-state index in [1.165, 1.54) is 12.8 Å². The molecule has 2 amide bonds. The third-order valence-corrected chi connectivity index (χ3v) is 2.84. The van der Waals surface area contributed by atoms with Crippen molar-refractivity contribution in [3.05, 3.63) is 0 Å². The van der Waals surface area contributed by atoms with Crippen molar-refractivity contribution < 1.29 is 4.79 Å². The SMILES string of the molecule is CN1CCC[C@H]1[C@H]1CNC(=O)N1. The average Bonchev–Trinajstić information content (AvgIpc) is 2.58. The fourth-order valence-electron chi connectivity index (χ4n) is 2.15. The van der Waals surface area contributed by atoms with Gasteiger partial charge in [-0.1, -0.05) is 0 Å². The van der Waals surface area contributed by atoms with E-state index in [-0.39, 0.29) is 6.03 Å². The lowest BCUT2D eigenvalue weighted by molar-refractivity contribution is 0.239. The number of nitrogens with one attached hydrogen (secondary N) is 2. The van der Waals surface area contributed by atoms with Crippen molar-refractivity contribution in [2.45, 2.75) is 24.9 Å². The van der Waals surface area contributed by atoms with Gasteiger partial charge in [0.2, 0.25) is 0 Å². The topological polar surface area (TPSA) is 44.4 Å². The normalized spacial score (nSPS) is 36.6. The molecule has 0 aliphatic carbocycles. The highest BCUT2D eigenvalue weighted by Crippen LogP contribution is 2.18. The number of hydrogen-bond acceptors (Lipinski definition) is 2.